The zero-order chi connectivity index (χ0) is 12.8. The van der Waals surface area contributed by atoms with Gasteiger partial charge in [-0.15, -0.1) is 0 Å². The van der Waals surface area contributed by atoms with Crippen LogP contribution in [0.2, 0.25) is 0 Å². The van der Waals surface area contributed by atoms with Gasteiger partial charge in [-0.2, -0.15) is 8.78 Å². The quantitative estimate of drug-likeness (QED) is 0.699. The average Bonchev–Trinajstić information content (AvgIpc) is 2.25. The molecule has 0 unspecified atom stereocenters. The third-order valence-electron chi connectivity index (χ3n) is 2.70. The molecule has 0 spiro atoms. The Morgan fingerprint density at radius 3 is 2.41 bits per heavy atom. The van der Waals surface area contributed by atoms with Gasteiger partial charge in [0.2, 0.25) is 0 Å². The fourth-order valence-corrected chi connectivity index (χ4v) is 1.72. The molecule has 0 amide bonds. The van der Waals surface area contributed by atoms with Crippen LogP contribution < -0.4 is 4.74 Å². The maximum Gasteiger partial charge on any atom is 0.387 e. The topological polar surface area (TPSA) is 9.23 Å². The minimum Gasteiger partial charge on any atom is -0.435 e. The second-order valence-electron chi connectivity index (χ2n) is 4.55. The van der Waals surface area contributed by atoms with Crippen molar-refractivity contribution in [2.24, 2.45) is 0 Å². The van der Waals surface area contributed by atoms with E-state index in [1.165, 1.54) is 0 Å². The van der Waals surface area contributed by atoms with E-state index in [0.717, 1.165) is 30.4 Å². The Labute approximate surface area is 102 Å². The van der Waals surface area contributed by atoms with Crippen molar-refractivity contribution in [2.45, 2.75) is 52.6 Å². The molecule has 1 aromatic carbocycles. The largest absolute Gasteiger partial charge is 0.435 e. The lowest BCUT2D eigenvalue weighted by molar-refractivity contribution is -0.0499. The highest BCUT2D eigenvalue weighted by molar-refractivity contribution is 5.36. The fourth-order valence-electron chi connectivity index (χ4n) is 1.72. The van der Waals surface area contributed by atoms with Crippen LogP contribution in [-0.4, -0.2) is 6.61 Å². The highest BCUT2D eigenvalue weighted by Crippen LogP contribution is 2.25. The summed E-state index contributed by atoms with van der Waals surface area (Å²) in [5.41, 5.74) is 2.13. The molecule has 0 bridgehead atoms. The van der Waals surface area contributed by atoms with E-state index in [4.69, 9.17) is 0 Å². The first-order valence-electron chi connectivity index (χ1n) is 6.11. The van der Waals surface area contributed by atoms with Crippen molar-refractivity contribution in [2.75, 3.05) is 0 Å². The van der Waals surface area contributed by atoms with E-state index in [2.05, 4.69) is 17.7 Å². The zero-order valence-electron chi connectivity index (χ0n) is 10.7. The van der Waals surface area contributed by atoms with Crippen LogP contribution in [0.3, 0.4) is 0 Å². The Morgan fingerprint density at radius 2 is 1.88 bits per heavy atom. The van der Waals surface area contributed by atoms with Gasteiger partial charge in [0.1, 0.15) is 5.75 Å². The predicted molar refractivity (Wildman–Crippen MR) is 65.8 cm³/mol. The van der Waals surface area contributed by atoms with Gasteiger partial charge in [-0.3, -0.25) is 0 Å². The summed E-state index contributed by atoms with van der Waals surface area (Å²) < 4.78 is 28.9. The lowest BCUT2D eigenvalue weighted by atomic mass is 9.98. The van der Waals surface area contributed by atoms with E-state index in [-0.39, 0.29) is 5.75 Å². The number of benzene rings is 1. The second-order valence-corrected chi connectivity index (χ2v) is 4.55. The minimum absolute atomic E-state index is 0.275. The van der Waals surface area contributed by atoms with E-state index >= 15 is 0 Å². The molecule has 0 fully saturated rings. The minimum atomic E-state index is -2.75. The van der Waals surface area contributed by atoms with Crippen LogP contribution in [0.4, 0.5) is 8.78 Å². The van der Waals surface area contributed by atoms with E-state index in [0.29, 0.717) is 5.92 Å². The van der Waals surface area contributed by atoms with Gasteiger partial charge in [0.15, 0.2) is 0 Å². The summed E-state index contributed by atoms with van der Waals surface area (Å²) in [5, 5.41) is 0. The number of alkyl halides is 2. The molecule has 0 aliphatic heterocycles. The lowest BCUT2D eigenvalue weighted by Gasteiger charge is -2.12. The molecule has 17 heavy (non-hydrogen) atoms. The van der Waals surface area contributed by atoms with Crippen molar-refractivity contribution in [3.05, 3.63) is 29.3 Å². The fraction of sp³-hybridized carbons (Fsp3) is 0.571. The number of hydrogen-bond acceptors (Lipinski definition) is 1. The van der Waals surface area contributed by atoms with Gasteiger partial charge in [-0.05, 0) is 42.0 Å². The van der Waals surface area contributed by atoms with Gasteiger partial charge in [0.05, 0.1) is 0 Å². The number of aryl methyl sites for hydroxylation is 1. The van der Waals surface area contributed by atoms with Crippen molar-refractivity contribution in [3.8, 4) is 5.75 Å². The first-order valence-corrected chi connectivity index (χ1v) is 6.11. The van der Waals surface area contributed by atoms with Crippen LogP contribution in [0.5, 0.6) is 5.75 Å². The summed E-state index contributed by atoms with van der Waals surface area (Å²) in [5.74, 6) is 0.592. The van der Waals surface area contributed by atoms with Crippen LogP contribution in [0.15, 0.2) is 18.2 Å². The van der Waals surface area contributed by atoms with Gasteiger partial charge >= 0.3 is 6.61 Å². The maximum absolute atomic E-state index is 12.2. The molecule has 1 nitrogen and oxygen atoms in total. The van der Waals surface area contributed by atoms with Gasteiger partial charge < -0.3 is 4.74 Å². The number of halogens is 2. The molecular weight excluding hydrogens is 222 g/mol. The highest BCUT2D eigenvalue weighted by Gasteiger charge is 2.09. The highest BCUT2D eigenvalue weighted by atomic mass is 19.3. The average molecular weight is 242 g/mol. The molecular formula is C14H20F2O. The third kappa shape index (κ3) is 4.72. The molecule has 0 aliphatic carbocycles. The van der Waals surface area contributed by atoms with E-state index < -0.39 is 6.61 Å². The van der Waals surface area contributed by atoms with Gasteiger partial charge in [0, 0.05) is 0 Å². The standard InChI is InChI=1S/C14H20F2O/c1-4-5-6-11-7-12(10(2)3)9-13(8-11)17-14(15)16/h7-10,14H,4-6H2,1-3H3. The molecule has 1 aromatic rings. The first kappa shape index (κ1) is 13.9. The van der Waals surface area contributed by atoms with Crippen molar-refractivity contribution in [1.82, 2.24) is 0 Å². The predicted octanol–water partition coefficient (Wildman–Crippen LogP) is 4.75. The van der Waals surface area contributed by atoms with E-state index in [9.17, 15) is 8.78 Å². The summed E-state index contributed by atoms with van der Waals surface area (Å²) in [6.07, 6.45) is 3.07. The van der Waals surface area contributed by atoms with E-state index in [1.54, 1.807) is 12.1 Å². The Morgan fingerprint density at radius 1 is 1.18 bits per heavy atom. The summed E-state index contributed by atoms with van der Waals surface area (Å²) >= 11 is 0. The van der Waals surface area contributed by atoms with Crippen LogP contribution in [0.1, 0.15) is 50.7 Å². The Balaban J connectivity index is 2.92. The number of ether oxygens (including phenoxy) is 1. The number of rotatable bonds is 6. The molecule has 0 aromatic heterocycles. The number of hydrogen-bond donors (Lipinski definition) is 0. The number of unbranched alkanes of at least 4 members (excludes halogenated alkanes) is 1. The zero-order valence-corrected chi connectivity index (χ0v) is 10.7. The van der Waals surface area contributed by atoms with Crippen LogP contribution in [0.25, 0.3) is 0 Å². The van der Waals surface area contributed by atoms with Gasteiger partial charge in [-0.1, -0.05) is 33.3 Å². The summed E-state index contributed by atoms with van der Waals surface area (Å²) in [4.78, 5) is 0. The molecule has 0 saturated carbocycles. The lowest BCUT2D eigenvalue weighted by Crippen LogP contribution is -2.03. The van der Waals surface area contributed by atoms with E-state index in [1.807, 2.05) is 13.8 Å². The Hall–Kier alpha value is -1.12. The second kappa shape index (κ2) is 6.58. The smallest absolute Gasteiger partial charge is 0.387 e. The first-order chi connectivity index (χ1) is 8.02. The Kier molecular flexibility index (Phi) is 5.39. The summed E-state index contributed by atoms with van der Waals surface area (Å²) in [7, 11) is 0. The van der Waals surface area contributed by atoms with Crippen molar-refractivity contribution in [3.63, 3.8) is 0 Å². The van der Waals surface area contributed by atoms with Gasteiger partial charge in [0.25, 0.3) is 0 Å². The van der Waals surface area contributed by atoms with Crippen LogP contribution in [0, 0.1) is 0 Å². The monoisotopic (exact) mass is 242 g/mol. The SMILES string of the molecule is CCCCc1cc(OC(F)F)cc(C(C)C)c1. The van der Waals surface area contributed by atoms with Crippen LogP contribution in [-0.2, 0) is 6.42 Å². The summed E-state index contributed by atoms with van der Waals surface area (Å²) in [6, 6.07) is 5.50. The maximum atomic E-state index is 12.2. The molecule has 0 atom stereocenters. The molecule has 96 valence electrons. The molecule has 3 heteroatoms. The normalized spacial score (nSPS) is 11.2. The molecule has 0 heterocycles. The van der Waals surface area contributed by atoms with Crippen molar-refractivity contribution < 1.29 is 13.5 Å². The molecule has 0 aliphatic rings. The molecule has 0 radical (unpaired) electrons. The van der Waals surface area contributed by atoms with Crippen molar-refractivity contribution >= 4 is 0 Å². The van der Waals surface area contributed by atoms with Crippen molar-refractivity contribution in [1.29, 1.82) is 0 Å². The van der Waals surface area contributed by atoms with Crippen LogP contribution >= 0.6 is 0 Å². The Bertz CT molecular complexity index is 348. The summed E-state index contributed by atoms with van der Waals surface area (Å²) in [6.45, 7) is 3.45. The molecule has 0 saturated heterocycles. The molecule has 1 rings (SSSR count). The third-order valence-corrected chi connectivity index (χ3v) is 2.70. The van der Waals surface area contributed by atoms with Gasteiger partial charge in [-0.25, -0.2) is 0 Å². The molecule has 0 N–H and O–H groups in total.